The maximum absolute atomic E-state index is 12.5. The minimum absolute atomic E-state index is 0.00640. The number of rotatable bonds is 38. The largest absolute Gasteiger partial charge is 0.474 e. The first-order valence-electron chi connectivity index (χ1n) is 17.3. The molecule has 0 aromatic heterocycles. The van der Waals surface area contributed by atoms with E-state index < -0.39 is 50.3 Å². The first-order chi connectivity index (χ1) is 24.1. The average molecular weight is 827 g/mol. The van der Waals surface area contributed by atoms with Crippen molar-refractivity contribution >= 4 is 31.3 Å². The van der Waals surface area contributed by atoms with E-state index in [4.69, 9.17) is 45.9 Å². The zero-order chi connectivity index (χ0) is 38.5. The van der Waals surface area contributed by atoms with E-state index >= 15 is 0 Å². The Labute approximate surface area is 302 Å². The zero-order valence-electron chi connectivity index (χ0n) is 30.5. The molecule has 51 heavy (non-hydrogen) atoms. The van der Waals surface area contributed by atoms with E-state index in [2.05, 4.69) is 4.52 Å². The third-order valence-corrected chi connectivity index (χ3v) is 10.5. The molecule has 0 radical (unpaired) electrons. The van der Waals surface area contributed by atoms with Crippen molar-refractivity contribution in [1.82, 2.24) is 0 Å². The Balaban J connectivity index is 5.29. The van der Waals surface area contributed by atoms with E-state index in [1.165, 1.54) is 0 Å². The molecule has 0 heterocycles. The van der Waals surface area contributed by atoms with Crippen molar-refractivity contribution < 1.29 is 88.2 Å². The van der Waals surface area contributed by atoms with Crippen LogP contribution in [0.25, 0.3) is 0 Å². The Morgan fingerprint density at radius 3 is 1.06 bits per heavy atom. The van der Waals surface area contributed by atoms with Gasteiger partial charge in [-0.25, -0.2) is 22.8 Å². The molecule has 0 aromatic rings. The monoisotopic (exact) mass is 826 g/mol. The molecule has 4 atom stereocenters. The third kappa shape index (κ3) is 30.3. The summed E-state index contributed by atoms with van der Waals surface area (Å²) in [6.45, 7) is 3.99. The highest BCUT2D eigenvalue weighted by Crippen LogP contribution is 2.48. The van der Waals surface area contributed by atoms with Crippen LogP contribution in [0.3, 0.4) is 0 Å². The van der Waals surface area contributed by atoms with Crippen LogP contribution in [0.15, 0.2) is 0 Å². The molecule has 0 fully saturated rings. The molecule has 0 saturated heterocycles. The lowest BCUT2D eigenvalue weighted by atomic mass is 10.3. The van der Waals surface area contributed by atoms with Crippen molar-refractivity contribution in [3.8, 4) is 0 Å². The molecule has 0 aliphatic rings. The second kappa shape index (κ2) is 29.6. The van der Waals surface area contributed by atoms with Crippen molar-refractivity contribution in [3.63, 3.8) is 0 Å². The van der Waals surface area contributed by atoms with Gasteiger partial charge in [0, 0.05) is 20.3 Å². The normalized spacial score (nSPS) is 18.0. The third-order valence-electron chi connectivity index (χ3n) is 6.45. The summed E-state index contributed by atoms with van der Waals surface area (Å²) in [5.41, 5.74) is 0. The summed E-state index contributed by atoms with van der Waals surface area (Å²) in [5, 5.41) is 0. The summed E-state index contributed by atoms with van der Waals surface area (Å²) in [7, 11) is -16.6. The molecule has 0 aliphatic carbocycles. The van der Waals surface area contributed by atoms with E-state index in [0.717, 1.165) is 45.6 Å². The number of hydrogen-bond acceptors (Lipinski definition) is 15. The standard InChI is InChI=1S/C28H62O19P4/c1-5-8-11-20-41-49(31,32)44-23-14-17-38-26-28(47-48(29,30)37-4,40-19-16-25-46-51(35,36)43-22-13-10-7-3)27-39-18-15-24-45-50(33,34)42-21-12-9-6-2/h5-27H2,1-4H3,(H,29,30)(H,31,32)(H,33,34)(H,35,36). The quantitative estimate of drug-likeness (QED) is 0.0289. The number of unbranched alkanes of at least 4 members (excludes halogenated alkanes) is 6. The molecule has 0 aliphatic heterocycles. The van der Waals surface area contributed by atoms with Crippen LogP contribution in [0.5, 0.6) is 0 Å². The lowest BCUT2D eigenvalue weighted by Gasteiger charge is -2.33. The maximum atomic E-state index is 12.5. The Morgan fingerprint density at radius 2 is 0.745 bits per heavy atom. The Morgan fingerprint density at radius 1 is 0.431 bits per heavy atom. The highest BCUT2D eigenvalue weighted by atomic mass is 31.2. The van der Waals surface area contributed by atoms with Gasteiger partial charge in [-0.15, -0.1) is 0 Å². The number of ether oxygens (including phenoxy) is 3. The molecule has 308 valence electrons. The predicted octanol–water partition coefficient (Wildman–Crippen LogP) is 6.64. The van der Waals surface area contributed by atoms with E-state index in [1.807, 2.05) is 20.8 Å². The van der Waals surface area contributed by atoms with Gasteiger partial charge in [0.25, 0.3) is 0 Å². The fourth-order valence-corrected chi connectivity index (χ4v) is 6.83. The van der Waals surface area contributed by atoms with Gasteiger partial charge in [-0.05, 0) is 38.5 Å². The van der Waals surface area contributed by atoms with Crippen molar-refractivity contribution in [3.05, 3.63) is 0 Å². The summed E-state index contributed by atoms with van der Waals surface area (Å²) in [6.07, 6.45) is 7.24. The van der Waals surface area contributed by atoms with Crippen LogP contribution in [-0.4, -0.2) is 105 Å². The van der Waals surface area contributed by atoms with Crippen LogP contribution in [0.1, 0.15) is 97.8 Å². The van der Waals surface area contributed by atoms with Crippen molar-refractivity contribution in [2.24, 2.45) is 0 Å². The predicted molar refractivity (Wildman–Crippen MR) is 186 cm³/mol. The minimum Gasteiger partial charge on any atom is -0.376 e. The SMILES string of the molecule is CCCCCOP(=O)(O)OCCCOCC(COCCCOP(=O)(O)OCCCCC)(OCCCOP(=O)(O)OCCCCC)OP(=O)(O)OC. The average Bonchev–Trinajstić information content (AvgIpc) is 3.06. The van der Waals surface area contributed by atoms with Gasteiger partial charge in [0.05, 0.1) is 46.2 Å². The molecule has 23 heteroatoms. The summed E-state index contributed by atoms with van der Waals surface area (Å²) in [6, 6.07) is 0. The van der Waals surface area contributed by atoms with Crippen LogP contribution >= 0.6 is 31.3 Å². The van der Waals surface area contributed by atoms with E-state index in [0.29, 0.717) is 19.3 Å². The van der Waals surface area contributed by atoms with Crippen LogP contribution in [-0.2, 0) is 68.7 Å². The van der Waals surface area contributed by atoms with Gasteiger partial charge in [0.15, 0.2) is 0 Å². The molecular formula is C28H62O19P4. The summed E-state index contributed by atoms with van der Waals surface area (Å²) in [5.74, 6) is -2.08. The fraction of sp³-hybridized carbons (Fsp3) is 1.00. The second-order valence-electron chi connectivity index (χ2n) is 11.2. The van der Waals surface area contributed by atoms with Gasteiger partial charge in [-0.3, -0.25) is 31.7 Å². The van der Waals surface area contributed by atoms with Crippen LogP contribution in [0, 0.1) is 0 Å². The van der Waals surface area contributed by atoms with E-state index in [-0.39, 0.29) is 78.7 Å². The molecule has 19 nitrogen and oxygen atoms in total. The first kappa shape index (κ1) is 51.3. The lowest BCUT2D eigenvalue weighted by molar-refractivity contribution is -0.248. The molecule has 0 amide bonds. The lowest BCUT2D eigenvalue weighted by Crippen LogP contribution is -2.45. The smallest absolute Gasteiger partial charge is 0.376 e. The molecule has 0 rings (SSSR count). The van der Waals surface area contributed by atoms with Crippen LogP contribution in [0.2, 0.25) is 0 Å². The molecule has 0 bridgehead atoms. The van der Waals surface area contributed by atoms with Crippen LogP contribution in [0.4, 0.5) is 0 Å². The van der Waals surface area contributed by atoms with Gasteiger partial charge >= 0.3 is 31.3 Å². The number of phosphoric ester groups is 4. The molecule has 0 spiro atoms. The van der Waals surface area contributed by atoms with Gasteiger partial charge in [-0.2, -0.15) is 0 Å². The Kier molecular flexibility index (Phi) is 29.8. The van der Waals surface area contributed by atoms with E-state index in [1.54, 1.807) is 0 Å². The van der Waals surface area contributed by atoms with E-state index in [9.17, 15) is 37.8 Å². The number of hydrogen-bond donors (Lipinski definition) is 4. The molecule has 4 unspecified atom stereocenters. The van der Waals surface area contributed by atoms with Crippen LogP contribution < -0.4 is 0 Å². The van der Waals surface area contributed by atoms with Gasteiger partial charge in [-0.1, -0.05) is 59.3 Å². The summed E-state index contributed by atoms with van der Waals surface area (Å²) >= 11 is 0. The Hall–Kier alpha value is 0.320. The molecule has 0 saturated carbocycles. The summed E-state index contributed by atoms with van der Waals surface area (Å²) in [4.78, 5) is 39.7. The van der Waals surface area contributed by atoms with Gasteiger partial charge in [0.2, 0.25) is 5.79 Å². The van der Waals surface area contributed by atoms with Crippen molar-refractivity contribution in [2.45, 2.75) is 104 Å². The first-order valence-corrected chi connectivity index (χ1v) is 23.3. The topological polar surface area (TPSA) is 251 Å². The van der Waals surface area contributed by atoms with Crippen molar-refractivity contribution in [2.75, 3.05) is 79.8 Å². The van der Waals surface area contributed by atoms with Crippen molar-refractivity contribution in [1.29, 1.82) is 0 Å². The minimum atomic E-state index is -4.74. The van der Waals surface area contributed by atoms with Gasteiger partial charge < -0.3 is 33.8 Å². The second-order valence-corrected chi connectivity index (χ2v) is 17.0. The number of phosphoric acid groups is 4. The fourth-order valence-electron chi connectivity index (χ4n) is 3.79. The molecule has 4 N–H and O–H groups in total. The highest BCUT2D eigenvalue weighted by molar-refractivity contribution is 7.48. The molecular weight excluding hydrogens is 764 g/mol. The highest BCUT2D eigenvalue weighted by Gasteiger charge is 2.41. The maximum Gasteiger partial charge on any atom is 0.474 e. The molecule has 0 aromatic carbocycles. The summed E-state index contributed by atoms with van der Waals surface area (Å²) < 4.78 is 105. The zero-order valence-corrected chi connectivity index (χ0v) is 34.0. The van der Waals surface area contributed by atoms with Gasteiger partial charge in [0.1, 0.15) is 13.2 Å². The Bertz CT molecular complexity index is 1010.